The van der Waals surface area contributed by atoms with Gasteiger partial charge in [0, 0.05) is 10.6 Å². The van der Waals surface area contributed by atoms with Crippen LogP contribution in [0.25, 0.3) is 0 Å². The number of benzene rings is 1. The standard InChI is InChI=1S/C14H15ClN2OS/c1-9(12-6-7-13(15)19-12)17-14(18)8-10-2-4-11(16)5-3-10/h2-7,9H,8,16H2,1H3,(H,17,18). The average molecular weight is 295 g/mol. The molecule has 3 N–H and O–H groups in total. The van der Waals surface area contributed by atoms with Crippen LogP contribution in [0, 0.1) is 0 Å². The zero-order valence-corrected chi connectivity index (χ0v) is 12.1. The Labute approximate surface area is 121 Å². The molecule has 0 saturated carbocycles. The molecule has 5 heteroatoms. The summed E-state index contributed by atoms with van der Waals surface area (Å²) in [6, 6.07) is 11.1. The molecule has 1 amide bonds. The van der Waals surface area contributed by atoms with Gasteiger partial charge in [0.1, 0.15) is 0 Å². The molecule has 2 aromatic rings. The van der Waals surface area contributed by atoms with E-state index >= 15 is 0 Å². The molecule has 3 nitrogen and oxygen atoms in total. The van der Waals surface area contributed by atoms with Gasteiger partial charge in [0.05, 0.1) is 16.8 Å². The maximum absolute atomic E-state index is 11.9. The normalized spacial score (nSPS) is 12.1. The van der Waals surface area contributed by atoms with Crippen molar-refractivity contribution in [2.75, 3.05) is 5.73 Å². The third-order valence-corrected chi connectivity index (χ3v) is 4.16. The number of rotatable bonds is 4. The molecule has 19 heavy (non-hydrogen) atoms. The van der Waals surface area contributed by atoms with Crippen molar-refractivity contribution in [3.05, 3.63) is 51.2 Å². The number of nitrogens with two attached hydrogens (primary N) is 1. The van der Waals surface area contributed by atoms with Gasteiger partial charge in [-0.25, -0.2) is 0 Å². The molecule has 0 aliphatic carbocycles. The van der Waals surface area contributed by atoms with E-state index in [4.69, 9.17) is 17.3 Å². The van der Waals surface area contributed by atoms with Crippen LogP contribution in [0.2, 0.25) is 4.34 Å². The van der Waals surface area contributed by atoms with Gasteiger partial charge < -0.3 is 11.1 Å². The van der Waals surface area contributed by atoms with Gasteiger partial charge in [-0.1, -0.05) is 23.7 Å². The topological polar surface area (TPSA) is 55.1 Å². The lowest BCUT2D eigenvalue weighted by Gasteiger charge is -2.12. The Morgan fingerprint density at radius 1 is 1.32 bits per heavy atom. The van der Waals surface area contributed by atoms with Gasteiger partial charge in [0.15, 0.2) is 0 Å². The molecule has 0 bridgehead atoms. The summed E-state index contributed by atoms with van der Waals surface area (Å²) >= 11 is 7.36. The van der Waals surface area contributed by atoms with Crippen LogP contribution < -0.4 is 11.1 Å². The van der Waals surface area contributed by atoms with E-state index in [1.165, 1.54) is 11.3 Å². The third-order valence-electron chi connectivity index (χ3n) is 2.74. The van der Waals surface area contributed by atoms with Gasteiger partial charge in [-0.15, -0.1) is 11.3 Å². The second-order valence-electron chi connectivity index (χ2n) is 4.35. The van der Waals surface area contributed by atoms with Gasteiger partial charge in [-0.05, 0) is 36.8 Å². The van der Waals surface area contributed by atoms with E-state index in [0.29, 0.717) is 12.1 Å². The predicted molar refractivity (Wildman–Crippen MR) is 80.4 cm³/mol. The molecule has 1 heterocycles. The number of halogens is 1. The molecule has 0 fully saturated rings. The van der Waals surface area contributed by atoms with Crippen LogP contribution in [0.5, 0.6) is 0 Å². The van der Waals surface area contributed by atoms with Gasteiger partial charge in [0.2, 0.25) is 5.91 Å². The third kappa shape index (κ3) is 3.98. The van der Waals surface area contributed by atoms with Crippen molar-refractivity contribution >= 4 is 34.5 Å². The lowest BCUT2D eigenvalue weighted by molar-refractivity contribution is -0.121. The summed E-state index contributed by atoms with van der Waals surface area (Å²) in [4.78, 5) is 13.0. The molecular weight excluding hydrogens is 280 g/mol. The molecule has 0 radical (unpaired) electrons. The number of carbonyl (C=O) groups excluding carboxylic acids is 1. The number of nitrogens with one attached hydrogen (secondary N) is 1. The molecular formula is C14H15ClN2OS. The highest BCUT2D eigenvalue weighted by Gasteiger charge is 2.11. The lowest BCUT2D eigenvalue weighted by Crippen LogP contribution is -2.27. The first-order chi connectivity index (χ1) is 9.04. The summed E-state index contributed by atoms with van der Waals surface area (Å²) in [6.07, 6.45) is 0.351. The fourth-order valence-electron chi connectivity index (χ4n) is 1.75. The van der Waals surface area contributed by atoms with Crippen molar-refractivity contribution in [2.24, 2.45) is 0 Å². The first-order valence-corrected chi connectivity index (χ1v) is 7.13. The van der Waals surface area contributed by atoms with Gasteiger partial charge in [0.25, 0.3) is 0 Å². The minimum Gasteiger partial charge on any atom is -0.399 e. The largest absolute Gasteiger partial charge is 0.399 e. The van der Waals surface area contributed by atoms with E-state index in [9.17, 15) is 4.79 Å². The van der Waals surface area contributed by atoms with E-state index in [2.05, 4.69) is 5.32 Å². The Bertz CT molecular complexity index is 565. The molecule has 0 spiro atoms. The highest BCUT2D eigenvalue weighted by molar-refractivity contribution is 7.16. The molecule has 1 aromatic carbocycles. The summed E-state index contributed by atoms with van der Waals surface area (Å²) < 4.78 is 0.731. The Hall–Kier alpha value is -1.52. The van der Waals surface area contributed by atoms with Crippen LogP contribution in [0.4, 0.5) is 5.69 Å². The van der Waals surface area contributed by atoms with E-state index in [1.54, 1.807) is 12.1 Å². The molecule has 1 unspecified atom stereocenters. The summed E-state index contributed by atoms with van der Waals surface area (Å²) in [5.74, 6) is -0.0122. The summed E-state index contributed by atoms with van der Waals surface area (Å²) in [5.41, 5.74) is 7.25. The van der Waals surface area contributed by atoms with Gasteiger partial charge in [-0.3, -0.25) is 4.79 Å². The van der Waals surface area contributed by atoms with E-state index in [-0.39, 0.29) is 11.9 Å². The van der Waals surface area contributed by atoms with Crippen molar-refractivity contribution in [1.82, 2.24) is 5.32 Å². The van der Waals surface area contributed by atoms with Crippen molar-refractivity contribution in [2.45, 2.75) is 19.4 Å². The summed E-state index contributed by atoms with van der Waals surface area (Å²) in [5, 5.41) is 2.95. The average Bonchev–Trinajstić information content (AvgIpc) is 2.79. The Balaban J connectivity index is 1.92. The Morgan fingerprint density at radius 3 is 2.58 bits per heavy atom. The number of amides is 1. The van der Waals surface area contributed by atoms with Crippen molar-refractivity contribution in [3.8, 4) is 0 Å². The Kier molecular flexibility index (Phi) is 4.45. The fourth-order valence-corrected chi connectivity index (χ4v) is 2.81. The first kappa shape index (κ1) is 13.9. The van der Waals surface area contributed by atoms with E-state index in [1.807, 2.05) is 31.2 Å². The van der Waals surface area contributed by atoms with Crippen LogP contribution in [0.15, 0.2) is 36.4 Å². The molecule has 0 aliphatic heterocycles. The molecule has 0 aliphatic rings. The SMILES string of the molecule is CC(NC(=O)Cc1ccc(N)cc1)c1ccc(Cl)s1. The van der Waals surface area contributed by atoms with E-state index in [0.717, 1.165) is 14.8 Å². The van der Waals surface area contributed by atoms with Crippen LogP contribution >= 0.6 is 22.9 Å². The number of nitrogen functional groups attached to an aromatic ring is 1. The highest BCUT2D eigenvalue weighted by atomic mass is 35.5. The van der Waals surface area contributed by atoms with Crippen molar-refractivity contribution in [3.63, 3.8) is 0 Å². The second kappa shape index (κ2) is 6.08. The Morgan fingerprint density at radius 2 is 2.00 bits per heavy atom. The van der Waals surface area contributed by atoms with Gasteiger partial charge in [-0.2, -0.15) is 0 Å². The smallest absolute Gasteiger partial charge is 0.224 e. The van der Waals surface area contributed by atoms with Crippen LogP contribution in [0.3, 0.4) is 0 Å². The first-order valence-electron chi connectivity index (χ1n) is 5.93. The number of hydrogen-bond donors (Lipinski definition) is 2. The van der Waals surface area contributed by atoms with Crippen LogP contribution in [-0.4, -0.2) is 5.91 Å². The van der Waals surface area contributed by atoms with Gasteiger partial charge >= 0.3 is 0 Å². The van der Waals surface area contributed by atoms with Crippen molar-refractivity contribution < 1.29 is 4.79 Å². The lowest BCUT2D eigenvalue weighted by atomic mass is 10.1. The zero-order valence-electron chi connectivity index (χ0n) is 10.5. The molecule has 100 valence electrons. The number of carbonyl (C=O) groups is 1. The number of hydrogen-bond acceptors (Lipinski definition) is 3. The number of thiophene rings is 1. The van der Waals surface area contributed by atoms with E-state index < -0.39 is 0 Å². The maximum atomic E-state index is 11.9. The zero-order chi connectivity index (χ0) is 13.8. The quantitative estimate of drug-likeness (QED) is 0.849. The summed E-state index contributed by atoms with van der Waals surface area (Å²) in [6.45, 7) is 1.95. The monoisotopic (exact) mass is 294 g/mol. The molecule has 1 atom stereocenters. The minimum atomic E-state index is -0.0289. The van der Waals surface area contributed by atoms with Crippen LogP contribution in [0.1, 0.15) is 23.4 Å². The highest BCUT2D eigenvalue weighted by Crippen LogP contribution is 2.26. The minimum absolute atomic E-state index is 0.0122. The molecule has 1 aromatic heterocycles. The second-order valence-corrected chi connectivity index (χ2v) is 6.10. The molecule has 0 saturated heterocycles. The molecule has 2 rings (SSSR count). The van der Waals surface area contributed by atoms with Crippen LogP contribution in [-0.2, 0) is 11.2 Å². The fraction of sp³-hybridized carbons (Fsp3) is 0.214. The maximum Gasteiger partial charge on any atom is 0.224 e. The predicted octanol–water partition coefficient (Wildman–Crippen LogP) is 3.40. The number of anilines is 1. The van der Waals surface area contributed by atoms with Crippen molar-refractivity contribution in [1.29, 1.82) is 0 Å². The summed E-state index contributed by atoms with van der Waals surface area (Å²) in [7, 11) is 0.